The van der Waals surface area contributed by atoms with Gasteiger partial charge in [-0.1, -0.05) is 53.2 Å². The Hall–Kier alpha value is -3.29. The molecule has 1 heterocycles. The van der Waals surface area contributed by atoms with Gasteiger partial charge in [-0.3, -0.25) is 9.36 Å². The number of nitrogens with zero attached hydrogens (tertiary/aromatic N) is 3. The third-order valence-corrected chi connectivity index (χ3v) is 6.26. The number of aryl methyl sites for hydroxylation is 1. The van der Waals surface area contributed by atoms with Crippen molar-refractivity contribution in [2.24, 2.45) is 0 Å². The van der Waals surface area contributed by atoms with Crippen molar-refractivity contribution in [3.63, 3.8) is 0 Å². The number of thioether (sulfide) groups is 1. The van der Waals surface area contributed by atoms with Crippen LogP contribution in [0.4, 0.5) is 5.69 Å². The minimum atomic E-state index is -0.421. The number of rotatable bonds is 7. The van der Waals surface area contributed by atoms with Gasteiger partial charge in [-0.25, -0.2) is 0 Å². The Balaban J connectivity index is 1.66. The molecule has 8 heteroatoms. The topological polar surface area (TPSA) is 69.0 Å². The van der Waals surface area contributed by atoms with Crippen molar-refractivity contribution in [2.45, 2.75) is 24.3 Å². The van der Waals surface area contributed by atoms with Crippen LogP contribution >= 0.6 is 23.4 Å². The van der Waals surface area contributed by atoms with E-state index in [9.17, 15) is 4.79 Å². The van der Waals surface area contributed by atoms with E-state index in [0.717, 1.165) is 22.6 Å². The quantitative estimate of drug-likeness (QED) is 0.329. The molecule has 4 rings (SSSR count). The molecule has 3 aromatic carbocycles. The lowest BCUT2D eigenvalue weighted by Gasteiger charge is -2.14. The first-order valence-electron chi connectivity index (χ1n) is 10.3. The third-order valence-electron chi connectivity index (χ3n) is 4.98. The van der Waals surface area contributed by atoms with Crippen LogP contribution in [0.1, 0.15) is 12.5 Å². The maximum absolute atomic E-state index is 12.8. The van der Waals surface area contributed by atoms with Crippen molar-refractivity contribution >= 4 is 35.0 Å². The highest BCUT2D eigenvalue weighted by atomic mass is 35.5. The number of ether oxygens (including phenoxy) is 1. The van der Waals surface area contributed by atoms with Crippen LogP contribution in [-0.2, 0) is 4.79 Å². The number of methoxy groups -OCH3 is 1. The average Bonchev–Trinajstić information content (AvgIpc) is 3.22. The second-order valence-corrected chi connectivity index (χ2v) is 9.21. The Morgan fingerprint density at radius 1 is 1.06 bits per heavy atom. The lowest BCUT2D eigenvalue weighted by Crippen LogP contribution is -2.22. The Labute approximate surface area is 202 Å². The van der Waals surface area contributed by atoms with Gasteiger partial charge in [-0.05, 0) is 62.4 Å². The summed E-state index contributed by atoms with van der Waals surface area (Å²) in [6.45, 7) is 3.87. The van der Waals surface area contributed by atoms with E-state index in [2.05, 4.69) is 21.6 Å². The Kier molecular flexibility index (Phi) is 7.01. The predicted octanol–water partition coefficient (Wildman–Crippen LogP) is 6.02. The number of anilines is 1. The molecule has 1 N–H and O–H groups in total. The van der Waals surface area contributed by atoms with E-state index in [0.29, 0.717) is 21.7 Å². The fourth-order valence-electron chi connectivity index (χ4n) is 3.30. The zero-order valence-electron chi connectivity index (χ0n) is 18.4. The van der Waals surface area contributed by atoms with E-state index >= 15 is 0 Å². The van der Waals surface area contributed by atoms with Crippen molar-refractivity contribution in [1.82, 2.24) is 14.8 Å². The number of carbonyl (C=O) groups excluding carboxylic acids is 1. The van der Waals surface area contributed by atoms with E-state index in [-0.39, 0.29) is 5.91 Å². The van der Waals surface area contributed by atoms with E-state index < -0.39 is 5.25 Å². The molecule has 0 bridgehead atoms. The van der Waals surface area contributed by atoms with Gasteiger partial charge in [0.25, 0.3) is 0 Å². The van der Waals surface area contributed by atoms with Crippen molar-refractivity contribution in [3.05, 3.63) is 83.4 Å². The predicted molar refractivity (Wildman–Crippen MR) is 133 cm³/mol. The van der Waals surface area contributed by atoms with Gasteiger partial charge in [-0.2, -0.15) is 0 Å². The largest absolute Gasteiger partial charge is 0.497 e. The van der Waals surface area contributed by atoms with E-state index in [1.165, 1.54) is 11.8 Å². The van der Waals surface area contributed by atoms with Crippen molar-refractivity contribution < 1.29 is 9.53 Å². The van der Waals surface area contributed by atoms with Crippen LogP contribution in [0.5, 0.6) is 5.75 Å². The van der Waals surface area contributed by atoms with Crippen LogP contribution in [0.2, 0.25) is 5.02 Å². The van der Waals surface area contributed by atoms with E-state index in [1.807, 2.05) is 60.9 Å². The summed E-state index contributed by atoms with van der Waals surface area (Å²) in [7, 11) is 1.63. The average molecular weight is 479 g/mol. The van der Waals surface area contributed by atoms with Gasteiger partial charge in [0.15, 0.2) is 11.0 Å². The molecule has 0 fully saturated rings. The zero-order chi connectivity index (χ0) is 23.4. The van der Waals surface area contributed by atoms with Gasteiger partial charge < -0.3 is 10.1 Å². The van der Waals surface area contributed by atoms with Gasteiger partial charge in [0, 0.05) is 22.0 Å². The summed E-state index contributed by atoms with van der Waals surface area (Å²) in [5, 5.41) is 12.6. The molecule has 1 aromatic heterocycles. The summed E-state index contributed by atoms with van der Waals surface area (Å²) in [6.07, 6.45) is 0. The first kappa shape index (κ1) is 22.9. The SMILES string of the molecule is COc1ccc(-n2c(S[C@H](C)C(=O)Nc3cccc(Cl)c3)nnc2-c2cccc(C)c2)cc1. The molecule has 0 aliphatic rings. The number of benzene rings is 3. The fraction of sp³-hybridized carbons (Fsp3) is 0.160. The number of hydrogen-bond donors (Lipinski definition) is 1. The van der Waals surface area contributed by atoms with Gasteiger partial charge >= 0.3 is 0 Å². The molecule has 0 saturated heterocycles. The maximum atomic E-state index is 12.8. The lowest BCUT2D eigenvalue weighted by molar-refractivity contribution is -0.115. The van der Waals surface area contributed by atoms with Crippen LogP contribution in [0, 0.1) is 6.92 Å². The van der Waals surface area contributed by atoms with Gasteiger partial charge in [0.2, 0.25) is 5.91 Å². The summed E-state index contributed by atoms with van der Waals surface area (Å²) < 4.78 is 7.26. The van der Waals surface area contributed by atoms with E-state index in [1.54, 1.807) is 31.4 Å². The Bertz CT molecular complexity index is 1270. The summed E-state index contributed by atoms with van der Waals surface area (Å²) in [6, 6.07) is 22.8. The summed E-state index contributed by atoms with van der Waals surface area (Å²) in [5.74, 6) is 1.31. The van der Waals surface area contributed by atoms with Crippen LogP contribution in [0.25, 0.3) is 17.1 Å². The second kappa shape index (κ2) is 10.1. The normalized spacial score (nSPS) is 11.8. The molecule has 0 radical (unpaired) electrons. The number of nitrogens with one attached hydrogen (secondary N) is 1. The van der Waals surface area contributed by atoms with E-state index in [4.69, 9.17) is 16.3 Å². The molecular weight excluding hydrogens is 456 g/mol. The third kappa shape index (κ3) is 5.38. The highest BCUT2D eigenvalue weighted by molar-refractivity contribution is 8.00. The number of hydrogen-bond acceptors (Lipinski definition) is 5. The molecule has 0 saturated carbocycles. The molecule has 33 heavy (non-hydrogen) atoms. The Morgan fingerprint density at radius 3 is 2.52 bits per heavy atom. The minimum Gasteiger partial charge on any atom is -0.497 e. The highest BCUT2D eigenvalue weighted by Crippen LogP contribution is 2.31. The van der Waals surface area contributed by atoms with Gasteiger partial charge in [0.05, 0.1) is 12.4 Å². The molecule has 6 nitrogen and oxygen atoms in total. The molecule has 168 valence electrons. The standard InChI is InChI=1S/C25H23ClN4O2S/c1-16-6-4-7-18(14-16)23-28-29-25(30(23)21-10-12-22(32-3)13-11-21)33-17(2)24(31)27-20-9-5-8-19(26)15-20/h4-15,17H,1-3H3,(H,27,31)/t17-/m1/s1. The van der Waals surface area contributed by atoms with Gasteiger partial charge in [-0.15, -0.1) is 10.2 Å². The summed E-state index contributed by atoms with van der Waals surface area (Å²) in [4.78, 5) is 12.8. The Morgan fingerprint density at radius 2 is 1.82 bits per heavy atom. The summed E-state index contributed by atoms with van der Waals surface area (Å²) in [5.41, 5.74) is 3.60. The first-order valence-corrected chi connectivity index (χ1v) is 11.6. The fourth-order valence-corrected chi connectivity index (χ4v) is 4.36. The zero-order valence-corrected chi connectivity index (χ0v) is 20.0. The van der Waals surface area contributed by atoms with Crippen LogP contribution < -0.4 is 10.1 Å². The second-order valence-electron chi connectivity index (χ2n) is 7.47. The minimum absolute atomic E-state index is 0.149. The molecule has 0 aliphatic carbocycles. The van der Waals surface area contributed by atoms with Crippen molar-refractivity contribution in [1.29, 1.82) is 0 Å². The lowest BCUT2D eigenvalue weighted by atomic mass is 10.1. The van der Waals surface area contributed by atoms with Crippen LogP contribution in [-0.4, -0.2) is 33.0 Å². The molecule has 0 spiro atoms. The highest BCUT2D eigenvalue weighted by Gasteiger charge is 2.22. The van der Waals surface area contributed by atoms with Crippen molar-refractivity contribution in [2.75, 3.05) is 12.4 Å². The number of aromatic nitrogens is 3. The molecule has 4 aromatic rings. The number of carbonyl (C=O) groups is 1. The van der Waals surface area contributed by atoms with Crippen LogP contribution in [0.15, 0.2) is 78.0 Å². The number of halogens is 1. The molecule has 0 aliphatic heterocycles. The molecule has 0 unspecified atom stereocenters. The number of amides is 1. The molecular formula is C25H23ClN4O2S. The first-order chi connectivity index (χ1) is 15.9. The summed E-state index contributed by atoms with van der Waals surface area (Å²) >= 11 is 7.37. The maximum Gasteiger partial charge on any atom is 0.237 e. The van der Waals surface area contributed by atoms with Crippen LogP contribution in [0.3, 0.4) is 0 Å². The van der Waals surface area contributed by atoms with Crippen molar-refractivity contribution in [3.8, 4) is 22.8 Å². The molecule has 1 atom stereocenters. The monoisotopic (exact) mass is 478 g/mol. The van der Waals surface area contributed by atoms with Gasteiger partial charge in [0.1, 0.15) is 5.75 Å². The molecule has 1 amide bonds. The smallest absolute Gasteiger partial charge is 0.237 e.